The van der Waals surface area contributed by atoms with Crippen LogP contribution in [0.1, 0.15) is 32.5 Å². The highest BCUT2D eigenvalue weighted by molar-refractivity contribution is 5.74. The molecule has 0 unspecified atom stereocenters. The molecule has 5 heteroatoms. The lowest BCUT2D eigenvalue weighted by atomic mass is 9.92. The molecule has 0 saturated carbocycles. The summed E-state index contributed by atoms with van der Waals surface area (Å²) in [6.07, 6.45) is 3.67. The molecule has 5 nitrogen and oxygen atoms in total. The molecule has 0 spiro atoms. The van der Waals surface area contributed by atoms with E-state index in [2.05, 4.69) is 52.9 Å². The minimum Gasteiger partial charge on any atom is -0.379 e. The van der Waals surface area contributed by atoms with Gasteiger partial charge >= 0.3 is 0 Å². The molecular weight excluding hydrogens is 324 g/mol. The van der Waals surface area contributed by atoms with Crippen molar-refractivity contribution in [3.63, 3.8) is 0 Å². The molecule has 1 aromatic carbocycles. The molecule has 4 rings (SSSR count). The number of H-pyrrole nitrogens is 1. The molecule has 26 heavy (non-hydrogen) atoms. The normalized spacial score (nSPS) is 23.5. The van der Waals surface area contributed by atoms with Gasteiger partial charge in [-0.3, -0.25) is 4.90 Å². The first kappa shape index (κ1) is 18.0. The highest BCUT2D eigenvalue weighted by Crippen LogP contribution is 2.25. The standard InChI is InChI=1S/C21H32N4O/c1-21(2,25-10-12-26-13-11-25)16-24-9-5-6-17(15-24)14-20-22-18-7-3-4-8-19(18)23-20/h3-4,7-8,17H,5-6,9-16H2,1-2H3,(H,22,23)/t17-/m0/s1. The number of imidazole rings is 1. The molecule has 0 amide bonds. The summed E-state index contributed by atoms with van der Waals surface area (Å²) < 4.78 is 5.53. The molecule has 0 radical (unpaired) electrons. The number of hydrogen-bond acceptors (Lipinski definition) is 4. The van der Waals surface area contributed by atoms with Crippen LogP contribution in [0.4, 0.5) is 0 Å². The largest absolute Gasteiger partial charge is 0.379 e. The molecular formula is C21H32N4O. The maximum Gasteiger partial charge on any atom is 0.107 e. The minimum atomic E-state index is 0.213. The maximum atomic E-state index is 5.53. The number of aromatic nitrogens is 2. The quantitative estimate of drug-likeness (QED) is 0.895. The molecule has 2 aliphatic rings. The minimum absolute atomic E-state index is 0.213. The van der Waals surface area contributed by atoms with E-state index in [0.29, 0.717) is 5.92 Å². The van der Waals surface area contributed by atoms with Gasteiger partial charge in [-0.05, 0) is 51.3 Å². The Bertz CT molecular complexity index is 687. The van der Waals surface area contributed by atoms with Gasteiger partial charge in [0, 0.05) is 38.1 Å². The van der Waals surface area contributed by atoms with Crippen molar-refractivity contribution in [3.05, 3.63) is 30.1 Å². The van der Waals surface area contributed by atoms with Crippen LogP contribution >= 0.6 is 0 Å². The fourth-order valence-corrected chi connectivity index (χ4v) is 4.65. The summed E-state index contributed by atoms with van der Waals surface area (Å²) >= 11 is 0. The Balaban J connectivity index is 1.36. The number of morpholine rings is 1. The van der Waals surface area contributed by atoms with Crippen LogP contribution in [0.25, 0.3) is 11.0 Å². The molecule has 2 fully saturated rings. The number of nitrogens with zero attached hydrogens (tertiary/aromatic N) is 3. The number of rotatable bonds is 5. The van der Waals surface area contributed by atoms with E-state index in [-0.39, 0.29) is 5.54 Å². The molecule has 1 aromatic heterocycles. The predicted octanol–water partition coefficient (Wildman–Crippen LogP) is 2.93. The third kappa shape index (κ3) is 4.11. The van der Waals surface area contributed by atoms with Gasteiger partial charge in [-0.1, -0.05) is 12.1 Å². The third-order valence-corrected chi connectivity index (χ3v) is 6.00. The van der Waals surface area contributed by atoms with E-state index < -0.39 is 0 Å². The van der Waals surface area contributed by atoms with Gasteiger partial charge in [-0.25, -0.2) is 4.98 Å². The average Bonchev–Trinajstić information content (AvgIpc) is 3.04. The molecule has 2 saturated heterocycles. The van der Waals surface area contributed by atoms with E-state index in [1.54, 1.807) is 0 Å². The van der Waals surface area contributed by atoms with Gasteiger partial charge in [0.1, 0.15) is 5.82 Å². The second-order valence-corrected chi connectivity index (χ2v) is 8.56. The van der Waals surface area contributed by atoms with Gasteiger partial charge < -0.3 is 14.6 Å². The van der Waals surface area contributed by atoms with Crippen molar-refractivity contribution >= 4 is 11.0 Å². The van der Waals surface area contributed by atoms with Crippen LogP contribution in [0.15, 0.2) is 24.3 Å². The van der Waals surface area contributed by atoms with E-state index in [4.69, 9.17) is 9.72 Å². The number of fused-ring (bicyclic) bond motifs is 1. The zero-order valence-electron chi connectivity index (χ0n) is 16.2. The first-order valence-electron chi connectivity index (χ1n) is 10.1. The molecule has 0 bridgehead atoms. The number of aromatic amines is 1. The first-order chi connectivity index (χ1) is 12.6. The fraction of sp³-hybridized carbons (Fsp3) is 0.667. The summed E-state index contributed by atoms with van der Waals surface area (Å²) in [5, 5.41) is 0. The summed E-state index contributed by atoms with van der Waals surface area (Å²) in [5.74, 6) is 1.84. The Morgan fingerprint density at radius 2 is 2.00 bits per heavy atom. The highest BCUT2D eigenvalue weighted by Gasteiger charge is 2.32. The second-order valence-electron chi connectivity index (χ2n) is 8.56. The number of benzene rings is 1. The zero-order chi connectivity index (χ0) is 18.0. The van der Waals surface area contributed by atoms with Crippen molar-refractivity contribution in [1.29, 1.82) is 0 Å². The summed E-state index contributed by atoms with van der Waals surface area (Å²) in [7, 11) is 0. The van der Waals surface area contributed by atoms with Crippen LogP contribution in [0.2, 0.25) is 0 Å². The zero-order valence-corrected chi connectivity index (χ0v) is 16.2. The van der Waals surface area contributed by atoms with Gasteiger partial charge in [0.2, 0.25) is 0 Å². The van der Waals surface area contributed by atoms with Gasteiger partial charge in [0.05, 0.1) is 24.2 Å². The van der Waals surface area contributed by atoms with Crippen LogP contribution in [0.3, 0.4) is 0 Å². The lowest BCUT2D eigenvalue weighted by Crippen LogP contribution is -2.56. The Hall–Kier alpha value is -1.43. The summed E-state index contributed by atoms with van der Waals surface area (Å²) in [5.41, 5.74) is 2.46. The molecule has 1 atom stereocenters. The van der Waals surface area contributed by atoms with Crippen LogP contribution in [0.5, 0.6) is 0 Å². The van der Waals surface area contributed by atoms with Crippen LogP contribution in [0, 0.1) is 5.92 Å². The lowest BCUT2D eigenvalue weighted by Gasteiger charge is -2.45. The Labute approximate surface area is 156 Å². The van der Waals surface area contributed by atoms with E-state index in [1.807, 2.05) is 0 Å². The SMILES string of the molecule is CC(C)(CN1CCC[C@@H](Cc2nc3ccccc3[nH]2)C1)N1CCOCC1. The van der Waals surface area contributed by atoms with Gasteiger partial charge in [-0.15, -0.1) is 0 Å². The van der Waals surface area contributed by atoms with Crippen molar-refractivity contribution in [2.75, 3.05) is 45.9 Å². The van der Waals surface area contributed by atoms with Crippen molar-refractivity contribution in [2.24, 2.45) is 5.92 Å². The number of para-hydroxylation sites is 2. The third-order valence-electron chi connectivity index (χ3n) is 6.00. The summed E-state index contributed by atoms with van der Waals surface area (Å²) in [6, 6.07) is 8.33. The molecule has 0 aliphatic carbocycles. The Morgan fingerprint density at radius 1 is 1.19 bits per heavy atom. The topological polar surface area (TPSA) is 44.4 Å². The number of piperidine rings is 1. The predicted molar refractivity (Wildman–Crippen MR) is 105 cm³/mol. The maximum absolute atomic E-state index is 5.53. The monoisotopic (exact) mass is 356 g/mol. The second kappa shape index (κ2) is 7.67. The van der Waals surface area contributed by atoms with Crippen molar-refractivity contribution in [1.82, 2.24) is 19.8 Å². The highest BCUT2D eigenvalue weighted by atomic mass is 16.5. The van der Waals surface area contributed by atoms with E-state index in [1.165, 1.54) is 25.9 Å². The van der Waals surface area contributed by atoms with Crippen molar-refractivity contribution in [2.45, 2.75) is 38.6 Å². The van der Waals surface area contributed by atoms with E-state index in [9.17, 15) is 0 Å². The average molecular weight is 357 g/mol. The molecule has 2 aromatic rings. The van der Waals surface area contributed by atoms with Crippen LogP contribution in [-0.2, 0) is 11.2 Å². The van der Waals surface area contributed by atoms with Gasteiger partial charge in [0.15, 0.2) is 0 Å². The first-order valence-corrected chi connectivity index (χ1v) is 10.1. The summed E-state index contributed by atoms with van der Waals surface area (Å²) in [4.78, 5) is 13.6. The van der Waals surface area contributed by atoms with Gasteiger partial charge in [0.25, 0.3) is 0 Å². The number of ether oxygens (including phenoxy) is 1. The van der Waals surface area contributed by atoms with Crippen LogP contribution < -0.4 is 0 Å². The van der Waals surface area contributed by atoms with E-state index in [0.717, 1.165) is 56.1 Å². The smallest absolute Gasteiger partial charge is 0.107 e. The fourth-order valence-electron chi connectivity index (χ4n) is 4.65. The van der Waals surface area contributed by atoms with E-state index >= 15 is 0 Å². The van der Waals surface area contributed by atoms with Crippen LogP contribution in [-0.4, -0.2) is 71.2 Å². The number of nitrogens with one attached hydrogen (secondary N) is 1. The lowest BCUT2D eigenvalue weighted by molar-refractivity contribution is -0.0256. The van der Waals surface area contributed by atoms with Crippen molar-refractivity contribution in [3.8, 4) is 0 Å². The number of hydrogen-bond donors (Lipinski definition) is 1. The van der Waals surface area contributed by atoms with Crippen molar-refractivity contribution < 1.29 is 4.74 Å². The number of likely N-dealkylation sites (tertiary alicyclic amines) is 1. The summed E-state index contributed by atoms with van der Waals surface area (Å²) in [6.45, 7) is 12.2. The molecule has 2 aliphatic heterocycles. The molecule has 3 heterocycles. The Kier molecular flexibility index (Phi) is 5.30. The van der Waals surface area contributed by atoms with Gasteiger partial charge in [-0.2, -0.15) is 0 Å². The molecule has 1 N–H and O–H groups in total. The Morgan fingerprint density at radius 3 is 2.81 bits per heavy atom. The molecule has 142 valence electrons.